The lowest BCUT2D eigenvalue weighted by Crippen LogP contribution is -2.42. The molecule has 0 saturated heterocycles. The molecule has 0 spiro atoms. The minimum atomic E-state index is -0.242. The van der Waals surface area contributed by atoms with Crippen LogP contribution >= 0.6 is 23.2 Å². The number of hydrogen-bond acceptors (Lipinski definition) is 2. The van der Waals surface area contributed by atoms with Gasteiger partial charge in [0.1, 0.15) is 0 Å². The molecular weight excluding hydrogens is 331 g/mol. The van der Waals surface area contributed by atoms with Crippen LogP contribution in [0.3, 0.4) is 0 Å². The van der Waals surface area contributed by atoms with Gasteiger partial charge in [-0.05, 0) is 37.2 Å². The molecule has 1 amide bonds. The minimum Gasteiger partial charge on any atom is -0.351 e. The van der Waals surface area contributed by atoms with Gasteiger partial charge in [-0.15, -0.1) is 0 Å². The van der Waals surface area contributed by atoms with Crippen molar-refractivity contribution in [2.24, 2.45) is 0 Å². The fraction of sp³-hybridized carbons (Fsp3) is 0.278. The van der Waals surface area contributed by atoms with E-state index in [1.165, 1.54) is 0 Å². The topological polar surface area (TPSA) is 32.3 Å². The molecule has 2 rings (SSSR count). The van der Waals surface area contributed by atoms with Gasteiger partial charge in [0.25, 0.3) is 0 Å². The number of halogens is 2. The first-order chi connectivity index (χ1) is 11.0. The third-order valence-corrected chi connectivity index (χ3v) is 4.51. The highest BCUT2D eigenvalue weighted by Crippen LogP contribution is 2.23. The van der Waals surface area contributed by atoms with Crippen LogP contribution in [0.2, 0.25) is 10.0 Å². The van der Waals surface area contributed by atoms with Gasteiger partial charge < -0.3 is 5.32 Å². The summed E-state index contributed by atoms with van der Waals surface area (Å²) in [5.41, 5.74) is 2.10. The summed E-state index contributed by atoms with van der Waals surface area (Å²) in [5, 5.41) is 4.02. The maximum absolute atomic E-state index is 12.3. The molecule has 1 atom stereocenters. The number of carbonyl (C=O) groups is 1. The average molecular weight is 351 g/mol. The van der Waals surface area contributed by atoms with Gasteiger partial charge in [-0.2, -0.15) is 0 Å². The van der Waals surface area contributed by atoms with Crippen molar-refractivity contribution in [3.8, 4) is 0 Å². The smallest absolute Gasteiger partial charge is 0.237 e. The molecule has 0 unspecified atom stereocenters. The van der Waals surface area contributed by atoms with Crippen molar-refractivity contribution in [3.63, 3.8) is 0 Å². The lowest BCUT2D eigenvalue weighted by molar-refractivity contribution is -0.125. The molecule has 0 radical (unpaired) electrons. The second kappa shape index (κ2) is 8.34. The molecular formula is C18H20Cl2N2O. The first-order valence-electron chi connectivity index (χ1n) is 7.43. The summed E-state index contributed by atoms with van der Waals surface area (Å²) in [5.74, 6) is -0.00332. The Hall–Kier alpha value is -1.55. The predicted octanol–water partition coefficient (Wildman–Crippen LogP) is 4.13. The van der Waals surface area contributed by atoms with Gasteiger partial charge in [0.15, 0.2) is 0 Å². The number of nitrogens with zero attached hydrogens (tertiary/aromatic N) is 1. The molecule has 5 heteroatoms. The Morgan fingerprint density at radius 2 is 1.78 bits per heavy atom. The van der Waals surface area contributed by atoms with Crippen LogP contribution in [0.5, 0.6) is 0 Å². The summed E-state index contributed by atoms with van der Waals surface area (Å²) < 4.78 is 0. The van der Waals surface area contributed by atoms with Gasteiger partial charge >= 0.3 is 0 Å². The van der Waals surface area contributed by atoms with Crippen LogP contribution in [0.25, 0.3) is 0 Å². The molecule has 1 N–H and O–H groups in total. The zero-order valence-electron chi connectivity index (χ0n) is 13.2. The predicted molar refractivity (Wildman–Crippen MR) is 95.7 cm³/mol. The van der Waals surface area contributed by atoms with Gasteiger partial charge in [0.05, 0.1) is 16.1 Å². The van der Waals surface area contributed by atoms with Gasteiger partial charge in [-0.25, -0.2) is 0 Å². The molecule has 2 aromatic rings. The third kappa shape index (κ3) is 5.24. The summed E-state index contributed by atoms with van der Waals surface area (Å²) in [7, 11) is 1.91. The summed E-state index contributed by atoms with van der Waals surface area (Å²) in [6.45, 7) is 3.04. The van der Waals surface area contributed by atoms with Gasteiger partial charge in [0.2, 0.25) is 5.91 Å². The highest BCUT2D eigenvalue weighted by Gasteiger charge is 2.18. The second-order valence-corrected chi connectivity index (χ2v) is 6.36. The van der Waals surface area contributed by atoms with E-state index in [-0.39, 0.29) is 11.9 Å². The third-order valence-electron chi connectivity index (χ3n) is 3.77. The molecule has 0 saturated carbocycles. The van der Waals surface area contributed by atoms with E-state index >= 15 is 0 Å². The quantitative estimate of drug-likeness (QED) is 0.849. The number of amides is 1. The zero-order chi connectivity index (χ0) is 16.8. The Morgan fingerprint density at radius 3 is 2.43 bits per heavy atom. The standard InChI is InChI=1S/C18H20Cl2N2O/c1-13(18(23)21-11-14-6-4-3-5-7-14)22(2)12-15-8-9-16(19)17(20)10-15/h3-10,13H,11-12H2,1-2H3,(H,21,23)/t13-/m0/s1. The molecule has 23 heavy (non-hydrogen) atoms. The van der Waals surface area contributed by atoms with Crippen LogP contribution in [0.15, 0.2) is 48.5 Å². The number of carbonyl (C=O) groups excluding carboxylic acids is 1. The monoisotopic (exact) mass is 350 g/mol. The van der Waals surface area contributed by atoms with Crippen molar-refractivity contribution >= 4 is 29.1 Å². The van der Waals surface area contributed by atoms with Crippen LogP contribution in [-0.4, -0.2) is 23.9 Å². The van der Waals surface area contributed by atoms with Gasteiger partial charge in [-0.3, -0.25) is 9.69 Å². The largest absolute Gasteiger partial charge is 0.351 e. The number of nitrogens with one attached hydrogen (secondary N) is 1. The van der Waals surface area contributed by atoms with E-state index in [4.69, 9.17) is 23.2 Å². The van der Waals surface area contributed by atoms with Crippen LogP contribution < -0.4 is 5.32 Å². The fourth-order valence-electron chi connectivity index (χ4n) is 2.20. The summed E-state index contributed by atoms with van der Waals surface area (Å²) in [6, 6.07) is 15.1. The van der Waals surface area contributed by atoms with E-state index in [0.29, 0.717) is 23.1 Å². The van der Waals surface area contributed by atoms with Gasteiger partial charge in [-0.1, -0.05) is 59.6 Å². The molecule has 0 fully saturated rings. The average Bonchev–Trinajstić information content (AvgIpc) is 2.56. The Labute approximate surface area is 147 Å². The Morgan fingerprint density at radius 1 is 1.09 bits per heavy atom. The first kappa shape index (κ1) is 17.8. The summed E-state index contributed by atoms with van der Waals surface area (Å²) >= 11 is 11.9. The van der Waals surface area contributed by atoms with Crippen LogP contribution in [0.4, 0.5) is 0 Å². The van der Waals surface area contributed by atoms with E-state index in [9.17, 15) is 4.79 Å². The molecule has 2 aromatic carbocycles. The van der Waals surface area contributed by atoms with Crippen molar-refractivity contribution in [1.29, 1.82) is 0 Å². The lowest BCUT2D eigenvalue weighted by atomic mass is 10.1. The molecule has 0 heterocycles. The normalized spacial score (nSPS) is 12.2. The van der Waals surface area contributed by atoms with Crippen molar-refractivity contribution < 1.29 is 4.79 Å². The molecule has 0 aliphatic carbocycles. The summed E-state index contributed by atoms with van der Waals surface area (Å²) in [4.78, 5) is 14.2. The molecule has 0 aliphatic heterocycles. The molecule has 0 aromatic heterocycles. The fourth-order valence-corrected chi connectivity index (χ4v) is 2.52. The number of likely N-dealkylation sites (N-methyl/N-ethyl adjacent to an activating group) is 1. The maximum atomic E-state index is 12.3. The van der Waals surface area contributed by atoms with E-state index < -0.39 is 0 Å². The zero-order valence-corrected chi connectivity index (χ0v) is 14.7. The molecule has 0 bridgehead atoms. The molecule has 122 valence electrons. The SMILES string of the molecule is C[C@@H](C(=O)NCc1ccccc1)N(C)Cc1ccc(Cl)c(Cl)c1. The Kier molecular flexibility index (Phi) is 6.46. The van der Waals surface area contributed by atoms with Crippen molar-refractivity contribution in [2.45, 2.75) is 26.1 Å². The molecule has 3 nitrogen and oxygen atoms in total. The van der Waals surface area contributed by atoms with Crippen molar-refractivity contribution in [2.75, 3.05) is 7.05 Å². The van der Waals surface area contributed by atoms with Crippen molar-refractivity contribution in [3.05, 3.63) is 69.7 Å². The van der Waals surface area contributed by atoms with Crippen LogP contribution in [0.1, 0.15) is 18.1 Å². The second-order valence-electron chi connectivity index (χ2n) is 5.54. The lowest BCUT2D eigenvalue weighted by Gasteiger charge is -2.24. The highest BCUT2D eigenvalue weighted by molar-refractivity contribution is 6.42. The summed E-state index contributed by atoms with van der Waals surface area (Å²) in [6.07, 6.45) is 0. The Bertz CT molecular complexity index is 661. The number of benzene rings is 2. The number of rotatable bonds is 6. The van der Waals surface area contributed by atoms with E-state index in [0.717, 1.165) is 11.1 Å². The van der Waals surface area contributed by atoms with Crippen LogP contribution in [-0.2, 0) is 17.9 Å². The van der Waals surface area contributed by atoms with Gasteiger partial charge in [0, 0.05) is 13.1 Å². The highest BCUT2D eigenvalue weighted by atomic mass is 35.5. The van der Waals surface area contributed by atoms with Crippen LogP contribution in [0, 0.1) is 0 Å². The number of hydrogen-bond donors (Lipinski definition) is 1. The molecule has 0 aliphatic rings. The Balaban J connectivity index is 1.89. The van der Waals surface area contributed by atoms with E-state index in [1.54, 1.807) is 6.07 Å². The van der Waals surface area contributed by atoms with Crippen molar-refractivity contribution in [1.82, 2.24) is 10.2 Å². The van der Waals surface area contributed by atoms with E-state index in [1.807, 2.05) is 61.3 Å². The maximum Gasteiger partial charge on any atom is 0.237 e. The van der Waals surface area contributed by atoms with E-state index in [2.05, 4.69) is 5.32 Å². The minimum absolute atomic E-state index is 0.00332. The first-order valence-corrected chi connectivity index (χ1v) is 8.19.